The molecule has 0 fully saturated rings. The number of nitrogens with zero attached hydrogens (tertiary/aromatic N) is 1. The quantitative estimate of drug-likeness (QED) is 0.893. The number of sulfonamides is 1. The molecule has 0 bridgehead atoms. The third kappa shape index (κ3) is 3.86. The van der Waals surface area contributed by atoms with Crippen LogP contribution in [0, 0.1) is 6.92 Å². The SMILES string of the molecule is Cc1ccc(NC(=O)CN(C)S(=O)(=O)c2cccs2)cc1Cl. The highest BCUT2D eigenvalue weighted by molar-refractivity contribution is 7.91. The Morgan fingerprint density at radius 1 is 1.36 bits per heavy atom. The Labute approximate surface area is 138 Å². The number of aryl methyl sites for hydroxylation is 1. The second-order valence-corrected chi connectivity index (χ2v) is 8.33. The number of rotatable bonds is 5. The minimum Gasteiger partial charge on any atom is -0.325 e. The summed E-state index contributed by atoms with van der Waals surface area (Å²) in [5, 5.41) is 4.85. The molecule has 0 unspecified atom stereocenters. The van der Waals surface area contributed by atoms with Crippen molar-refractivity contribution in [3.63, 3.8) is 0 Å². The van der Waals surface area contributed by atoms with E-state index in [4.69, 9.17) is 11.6 Å². The monoisotopic (exact) mass is 358 g/mol. The zero-order valence-electron chi connectivity index (χ0n) is 12.0. The summed E-state index contributed by atoms with van der Waals surface area (Å²) >= 11 is 7.10. The molecular formula is C14H15ClN2O3S2. The van der Waals surface area contributed by atoms with E-state index in [1.54, 1.807) is 29.6 Å². The number of hydrogen-bond acceptors (Lipinski definition) is 4. The molecule has 5 nitrogen and oxygen atoms in total. The van der Waals surface area contributed by atoms with Crippen LogP contribution in [0.2, 0.25) is 5.02 Å². The van der Waals surface area contributed by atoms with E-state index in [2.05, 4.69) is 5.32 Å². The lowest BCUT2D eigenvalue weighted by molar-refractivity contribution is -0.116. The molecule has 118 valence electrons. The Morgan fingerprint density at radius 2 is 2.09 bits per heavy atom. The molecular weight excluding hydrogens is 344 g/mol. The van der Waals surface area contributed by atoms with Gasteiger partial charge in [-0.2, -0.15) is 4.31 Å². The minimum absolute atomic E-state index is 0.209. The van der Waals surface area contributed by atoms with Crippen molar-refractivity contribution in [3.05, 3.63) is 46.3 Å². The third-order valence-electron chi connectivity index (χ3n) is 2.98. The zero-order chi connectivity index (χ0) is 16.3. The average Bonchev–Trinajstić information content (AvgIpc) is 2.97. The van der Waals surface area contributed by atoms with Gasteiger partial charge in [-0.3, -0.25) is 4.79 Å². The van der Waals surface area contributed by atoms with E-state index in [-0.39, 0.29) is 10.8 Å². The molecule has 2 rings (SSSR count). The Bertz CT molecular complexity index is 773. The molecule has 0 radical (unpaired) electrons. The molecule has 0 aliphatic rings. The van der Waals surface area contributed by atoms with E-state index in [9.17, 15) is 13.2 Å². The van der Waals surface area contributed by atoms with Crippen LogP contribution in [0.4, 0.5) is 5.69 Å². The molecule has 22 heavy (non-hydrogen) atoms. The zero-order valence-corrected chi connectivity index (χ0v) is 14.4. The van der Waals surface area contributed by atoms with Crippen LogP contribution in [-0.2, 0) is 14.8 Å². The largest absolute Gasteiger partial charge is 0.325 e. The summed E-state index contributed by atoms with van der Waals surface area (Å²) in [5.74, 6) is -0.428. The van der Waals surface area contributed by atoms with Gasteiger partial charge in [-0.25, -0.2) is 8.42 Å². The molecule has 0 saturated carbocycles. The van der Waals surface area contributed by atoms with Crippen molar-refractivity contribution in [2.24, 2.45) is 0 Å². The number of nitrogens with one attached hydrogen (secondary N) is 1. The standard InChI is InChI=1S/C14H15ClN2O3S2/c1-10-5-6-11(8-12(10)15)16-13(18)9-17(2)22(19,20)14-4-3-7-21-14/h3-8H,9H2,1-2H3,(H,16,18). The number of anilines is 1. The maximum atomic E-state index is 12.2. The van der Waals surface area contributed by atoms with Crippen molar-refractivity contribution in [1.29, 1.82) is 0 Å². The number of benzene rings is 1. The first-order valence-electron chi connectivity index (χ1n) is 6.36. The van der Waals surface area contributed by atoms with Gasteiger partial charge in [-0.15, -0.1) is 11.3 Å². The first kappa shape index (κ1) is 17.0. The number of thiophene rings is 1. The number of carbonyl (C=O) groups excluding carboxylic acids is 1. The number of halogens is 1. The Morgan fingerprint density at radius 3 is 2.68 bits per heavy atom. The van der Waals surface area contributed by atoms with E-state index in [1.165, 1.54) is 13.1 Å². The fraction of sp³-hybridized carbons (Fsp3) is 0.214. The van der Waals surface area contributed by atoms with E-state index in [0.29, 0.717) is 10.7 Å². The Hall–Kier alpha value is -1.41. The van der Waals surface area contributed by atoms with Crippen molar-refractivity contribution < 1.29 is 13.2 Å². The predicted molar refractivity (Wildman–Crippen MR) is 89.0 cm³/mol. The smallest absolute Gasteiger partial charge is 0.252 e. The molecule has 1 amide bonds. The van der Waals surface area contributed by atoms with Crippen molar-refractivity contribution in [2.75, 3.05) is 18.9 Å². The van der Waals surface area contributed by atoms with Gasteiger partial charge in [-0.1, -0.05) is 23.7 Å². The van der Waals surface area contributed by atoms with E-state index in [0.717, 1.165) is 21.2 Å². The maximum Gasteiger partial charge on any atom is 0.252 e. The summed E-state index contributed by atoms with van der Waals surface area (Å²) in [6, 6.07) is 8.29. The molecule has 8 heteroatoms. The average molecular weight is 359 g/mol. The van der Waals surface area contributed by atoms with Crippen LogP contribution in [0.3, 0.4) is 0 Å². The minimum atomic E-state index is -3.63. The molecule has 1 N–H and O–H groups in total. The fourth-order valence-corrected chi connectivity index (χ4v) is 4.23. The topological polar surface area (TPSA) is 66.5 Å². The molecule has 2 aromatic rings. The Kier molecular flexibility index (Phi) is 5.23. The summed E-state index contributed by atoms with van der Waals surface area (Å²) in [4.78, 5) is 12.0. The van der Waals surface area contributed by atoms with Gasteiger partial charge in [0.1, 0.15) is 4.21 Å². The summed E-state index contributed by atoms with van der Waals surface area (Å²) in [7, 11) is -2.26. The van der Waals surface area contributed by atoms with Gasteiger partial charge in [0.15, 0.2) is 0 Å². The summed E-state index contributed by atoms with van der Waals surface area (Å²) in [6.07, 6.45) is 0. The lowest BCUT2D eigenvalue weighted by Gasteiger charge is -2.15. The van der Waals surface area contributed by atoms with Crippen molar-refractivity contribution in [2.45, 2.75) is 11.1 Å². The molecule has 0 spiro atoms. The van der Waals surface area contributed by atoms with Gasteiger partial charge >= 0.3 is 0 Å². The normalized spacial score (nSPS) is 11.6. The van der Waals surface area contributed by atoms with Crippen molar-refractivity contribution in [3.8, 4) is 0 Å². The highest BCUT2D eigenvalue weighted by Gasteiger charge is 2.23. The number of amides is 1. The van der Waals surface area contributed by atoms with Crippen LogP contribution in [0.25, 0.3) is 0 Å². The van der Waals surface area contributed by atoms with Crippen LogP contribution in [0.5, 0.6) is 0 Å². The first-order valence-corrected chi connectivity index (χ1v) is 9.06. The highest BCUT2D eigenvalue weighted by Crippen LogP contribution is 2.21. The summed E-state index contributed by atoms with van der Waals surface area (Å²) in [6.45, 7) is 1.58. The molecule has 0 aliphatic carbocycles. The van der Waals surface area contributed by atoms with Gasteiger partial charge in [0.05, 0.1) is 6.54 Å². The highest BCUT2D eigenvalue weighted by atomic mass is 35.5. The molecule has 1 aromatic carbocycles. The van der Waals surface area contributed by atoms with Crippen LogP contribution in [-0.4, -0.2) is 32.2 Å². The van der Waals surface area contributed by atoms with Crippen LogP contribution < -0.4 is 5.32 Å². The lowest BCUT2D eigenvalue weighted by atomic mass is 10.2. The van der Waals surface area contributed by atoms with Gasteiger partial charge in [-0.05, 0) is 36.1 Å². The van der Waals surface area contributed by atoms with E-state index < -0.39 is 15.9 Å². The maximum absolute atomic E-state index is 12.2. The molecule has 0 saturated heterocycles. The number of hydrogen-bond donors (Lipinski definition) is 1. The van der Waals surface area contributed by atoms with E-state index >= 15 is 0 Å². The van der Waals surface area contributed by atoms with Gasteiger partial charge in [0, 0.05) is 17.8 Å². The fourth-order valence-electron chi connectivity index (χ4n) is 1.72. The van der Waals surface area contributed by atoms with Gasteiger partial charge < -0.3 is 5.32 Å². The van der Waals surface area contributed by atoms with E-state index in [1.807, 2.05) is 6.92 Å². The summed E-state index contributed by atoms with van der Waals surface area (Å²) in [5.41, 5.74) is 1.43. The number of likely N-dealkylation sites (N-methyl/N-ethyl adjacent to an activating group) is 1. The van der Waals surface area contributed by atoms with Gasteiger partial charge in [0.25, 0.3) is 10.0 Å². The van der Waals surface area contributed by atoms with Crippen LogP contribution in [0.15, 0.2) is 39.9 Å². The van der Waals surface area contributed by atoms with Crippen molar-refractivity contribution in [1.82, 2.24) is 4.31 Å². The molecule has 1 heterocycles. The Balaban J connectivity index is 2.04. The van der Waals surface area contributed by atoms with Crippen LogP contribution in [0.1, 0.15) is 5.56 Å². The predicted octanol–water partition coefficient (Wildman–Crippen LogP) is 2.97. The van der Waals surface area contributed by atoms with Crippen molar-refractivity contribution >= 4 is 44.6 Å². The first-order chi connectivity index (χ1) is 10.3. The molecule has 0 atom stereocenters. The number of carbonyl (C=O) groups is 1. The third-order valence-corrected chi connectivity index (χ3v) is 6.57. The summed E-state index contributed by atoms with van der Waals surface area (Å²) < 4.78 is 25.7. The molecule has 0 aliphatic heterocycles. The molecule has 1 aromatic heterocycles. The lowest BCUT2D eigenvalue weighted by Crippen LogP contribution is -2.34. The van der Waals surface area contributed by atoms with Crippen LogP contribution >= 0.6 is 22.9 Å². The second kappa shape index (κ2) is 6.78. The van der Waals surface area contributed by atoms with Gasteiger partial charge in [0.2, 0.25) is 5.91 Å². The second-order valence-electron chi connectivity index (χ2n) is 4.71.